The van der Waals surface area contributed by atoms with Crippen LogP contribution in [0.15, 0.2) is 108 Å². The van der Waals surface area contributed by atoms with Crippen LogP contribution in [-0.2, 0) is 9.59 Å². The second kappa shape index (κ2) is 14.2. The molecule has 0 spiro atoms. The molecule has 0 saturated carbocycles. The van der Waals surface area contributed by atoms with E-state index in [0.717, 1.165) is 4.90 Å². The number of nitrogens with one attached hydrogen (secondary N) is 3. The maximum Gasteiger partial charge on any atom is 0.272 e. The Kier molecular flexibility index (Phi) is 10.5. The van der Waals surface area contributed by atoms with Crippen LogP contribution in [-0.4, -0.2) is 23.0 Å². The molecular weight excluding hydrogens is 601 g/mol. The molecule has 4 aromatic rings. The van der Waals surface area contributed by atoms with Crippen molar-refractivity contribution in [3.8, 4) is 0 Å². The van der Waals surface area contributed by atoms with Gasteiger partial charge in [0.2, 0.25) is 5.91 Å². The van der Waals surface area contributed by atoms with Crippen molar-refractivity contribution < 1.29 is 14.4 Å². The van der Waals surface area contributed by atoms with E-state index in [1.807, 2.05) is 6.07 Å². The molecule has 41 heavy (non-hydrogen) atoms. The third-order valence-corrected chi connectivity index (χ3v) is 7.40. The number of rotatable bonds is 9. The van der Waals surface area contributed by atoms with Crippen molar-refractivity contribution in [2.45, 2.75) is 17.1 Å². The highest BCUT2D eigenvalue weighted by Gasteiger charge is 2.18. The zero-order valence-electron chi connectivity index (χ0n) is 21.7. The average molecular weight is 625 g/mol. The van der Waals surface area contributed by atoms with Crippen molar-refractivity contribution in [1.29, 1.82) is 0 Å². The molecule has 4 rings (SSSR count). The van der Waals surface area contributed by atoms with Crippen molar-refractivity contribution >= 4 is 81.7 Å². The number of carbonyl (C=O) groups excluding carboxylic acids is 3. The van der Waals surface area contributed by atoms with Crippen LogP contribution >= 0.6 is 46.6 Å². The van der Waals surface area contributed by atoms with Crippen molar-refractivity contribution in [2.24, 2.45) is 0 Å². The van der Waals surface area contributed by atoms with Crippen LogP contribution in [0.4, 0.5) is 11.4 Å². The Bertz CT molecular complexity index is 1580. The summed E-state index contributed by atoms with van der Waals surface area (Å²) in [7, 11) is 0. The van der Waals surface area contributed by atoms with Gasteiger partial charge in [-0.1, -0.05) is 71.2 Å². The fourth-order valence-electron chi connectivity index (χ4n) is 3.64. The van der Waals surface area contributed by atoms with Crippen molar-refractivity contribution in [2.75, 3.05) is 10.6 Å². The standard InChI is InChI=1S/C31H24Cl3N3O3S/c1-19(29(38)36-26-16-23(33)15-24(34)17-26)41-27-9-5-8-25(18-27)35-31(40)28(14-20-10-12-22(32)13-11-20)37-30(39)21-6-3-2-4-7-21/h2-19H,1H3,(H,35,40)(H,36,38)(H,37,39)/b28-14-. The van der Waals surface area contributed by atoms with Crippen LogP contribution in [0, 0.1) is 0 Å². The third-order valence-electron chi connectivity index (χ3n) is 5.61. The number of thioether (sulfide) groups is 1. The van der Waals surface area contributed by atoms with Crippen LogP contribution in [0.1, 0.15) is 22.8 Å². The molecule has 4 aromatic carbocycles. The van der Waals surface area contributed by atoms with E-state index >= 15 is 0 Å². The van der Waals surface area contributed by atoms with Crippen LogP contribution in [0.2, 0.25) is 15.1 Å². The highest BCUT2D eigenvalue weighted by Crippen LogP contribution is 2.28. The Morgan fingerprint density at radius 2 is 1.41 bits per heavy atom. The van der Waals surface area contributed by atoms with Gasteiger partial charge in [0.05, 0.1) is 5.25 Å². The van der Waals surface area contributed by atoms with E-state index < -0.39 is 17.1 Å². The highest BCUT2D eigenvalue weighted by atomic mass is 35.5. The summed E-state index contributed by atoms with van der Waals surface area (Å²) >= 11 is 19.4. The van der Waals surface area contributed by atoms with Gasteiger partial charge in [0.15, 0.2) is 0 Å². The molecule has 0 aliphatic heterocycles. The molecule has 3 amide bonds. The van der Waals surface area contributed by atoms with E-state index in [1.165, 1.54) is 11.8 Å². The SMILES string of the molecule is CC(Sc1cccc(NC(=O)/C(=C/c2ccc(Cl)cc2)NC(=O)c2ccccc2)c1)C(=O)Nc1cc(Cl)cc(Cl)c1. The van der Waals surface area contributed by atoms with E-state index in [0.29, 0.717) is 37.6 Å². The zero-order valence-corrected chi connectivity index (χ0v) is 24.7. The van der Waals surface area contributed by atoms with E-state index in [-0.39, 0.29) is 11.6 Å². The number of anilines is 2. The predicted molar refractivity (Wildman–Crippen MR) is 169 cm³/mol. The van der Waals surface area contributed by atoms with Gasteiger partial charge >= 0.3 is 0 Å². The maximum absolute atomic E-state index is 13.3. The summed E-state index contributed by atoms with van der Waals surface area (Å²) in [5, 5.41) is 9.27. The van der Waals surface area contributed by atoms with Crippen LogP contribution < -0.4 is 16.0 Å². The summed E-state index contributed by atoms with van der Waals surface area (Å²) in [6.45, 7) is 1.77. The largest absolute Gasteiger partial charge is 0.325 e. The molecule has 3 N–H and O–H groups in total. The number of halogens is 3. The summed E-state index contributed by atoms with van der Waals surface area (Å²) in [5.74, 6) is -1.18. The van der Waals surface area contributed by atoms with Gasteiger partial charge in [-0.3, -0.25) is 14.4 Å². The monoisotopic (exact) mass is 623 g/mol. The first kappa shape index (κ1) is 30.2. The van der Waals surface area contributed by atoms with Gasteiger partial charge in [-0.2, -0.15) is 0 Å². The molecule has 1 atom stereocenters. The fourth-order valence-corrected chi connectivity index (χ4v) is 5.22. The van der Waals surface area contributed by atoms with Gasteiger partial charge in [-0.25, -0.2) is 0 Å². The molecule has 0 aliphatic carbocycles. The van der Waals surface area contributed by atoms with Crippen LogP contribution in [0.25, 0.3) is 6.08 Å². The Labute approximate surface area is 257 Å². The number of amides is 3. The smallest absolute Gasteiger partial charge is 0.272 e. The minimum absolute atomic E-state index is 0.0483. The second-order valence-corrected chi connectivity index (χ2v) is 11.5. The summed E-state index contributed by atoms with van der Waals surface area (Å²) in [6.07, 6.45) is 1.57. The molecule has 0 heterocycles. The summed E-state index contributed by atoms with van der Waals surface area (Å²) < 4.78 is 0. The van der Waals surface area contributed by atoms with Crippen molar-refractivity contribution in [1.82, 2.24) is 5.32 Å². The first-order valence-electron chi connectivity index (χ1n) is 12.3. The molecule has 208 valence electrons. The van der Waals surface area contributed by atoms with Crippen molar-refractivity contribution in [3.63, 3.8) is 0 Å². The number of hydrogen-bond donors (Lipinski definition) is 3. The van der Waals surface area contributed by atoms with Crippen LogP contribution in [0.5, 0.6) is 0 Å². The van der Waals surface area contributed by atoms with E-state index in [1.54, 1.807) is 104 Å². The Morgan fingerprint density at radius 3 is 2.10 bits per heavy atom. The number of benzene rings is 4. The van der Waals surface area contributed by atoms with Gasteiger partial charge in [0.1, 0.15) is 5.70 Å². The van der Waals surface area contributed by atoms with Crippen LogP contribution in [0.3, 0.4) is 0 Å². The lowest BCUT2D eigenvalue weighted by Gasteiger charge is -2.14. The lowest BCUT2D eigenvalue weighted by molar-refractivity contribution is -0.115. The lowest BCUT2D eigenvalue weighted by Crippen LogP contribution is -2.30. The molecular formula is C31H24Cl3N3O3S. The van der Waals surface area contributed by atoms with Gasteiger partial charge < -0.3 is 16.0 Å². The van der Waals surface area contributed by atoms with Gasteiger partial charge in [-0.05, 0) is 79.2 Å². The lowest BCUT2D eigenvalue weighted by atomic mass is 10.1. The molecule has 0 radical (unpaired) electrons. The van der Waals surface area contributed by atoms with E-state index in [9.17, 15) is 14.4 Å². The first-order valence-corrected chi connectivity index (χ1v) is 14.4. The second-order valence-electron chi connectivity index (χ2n) is 8.82. The van der Waals surface area contributed by atoms with Gasteiger partial charge in [-0.15, -0.1) is 11.8 Å². The molecule has 6 nitrogen and oxygen atoms in total. The third kappa shape index (κ3) is 9.13. The Hall–Kier alpha value is -3.75. The average Bonchev–Trinajstić information content (AvgIpc) is 2.94. The van der Waals surface area contributed by atoms with E-state index in [4.69, 9.17) is 34.8 Å². The molecule has 0 fully saturated rings. The first-order chi connectivity index (χ1) is 19.7. The normalized spacial score (nSPS) is 11.9. The molecule has 0 aromatic heterocycles. The van der Waals surface area contributed by atoms with E-state index in [2.05, 4.69) is 16.0 Å². The van der Waals surface area contributed by atoms with Gasteiger partial charge in [0, 0.05) is 36.9 Å². The van der Waals surface area contributed by atoms with Crippen molar-refractivity contribution in [3.05, 3.63) is 129 Å². The minimum Gasteiger partial charge on any atom is -0.325 e. The molecule has 0 saturated heterocycles. The number of carbonyl (C=O) groups is 3. The minimum atomic E-state index is -0.519. The molecule has 10 heteroatoms. The van der Waals surface area contributed by atoms with Gasteiger partial charge in [0.25, 0.3) is 11.8 Å². The Morgan fingerprint density at radius 1 is 0.732 bits per heavy atom. The molecule has 1 unspecified atom stereocenters. The maximum atomic E-state index is 13.3. The Balaban J connectivity index is 1.47. The molecule has 0 bridgehead atoms. The zero-order chi connectivity index (χ0) is 29.4. The quantitative estimate of drug-likeness (QED) is 0.129. The fraction of sp³-hybridized carbons (Fsp3) is 0.0645. The molecule has 0 aliphatic rings. The number of hydrogen-bond acceptors (Lipinski definition) is 4. The predicted octanol–water partition coefficient (Wildman–Crippen LogP) is 8.18. The topological polar surface area (TPSA) is 87.3 Å². The summed E-state index contributed by atoms with van der Waals surface area (Å²) in [4.78, 5) is 39.7. The summed E-state index contributed by atoms with van der Waals surface area (Å²) in [6, 6.07) is 27.4. The summed E-state index contributed by atoms with van der Waals surface area (Å²) in [5.41, 5.74) is 2.13. The highest BCUT2D eigenvalue weighted by molar-refractivity contribution is 8.00.